The number of carboxylic acid groups (broad SMARTS) is 1. The van der Waals surface area contributed by atoms with Gasteiger partial charge < -0.3 is 5.11 Å². The highest BCUT2D eigenvalue weighted by atomic mass is 35.5. The number of nitriles is 1. The molecule has 10 heteroatoms. The summed E-state index contributed by atoms with van der Waals surface area (Å²) in [6, 6.07) is 5.81. The number of benzene rings is 1. The number of sulfonamides is 1. The molecule has 0 fully saturated rings. The van der Waals surface area contributed by atoms with Gasteiger partial charge in [0.25, 0.3) is 10.0 Å². The van der Waals surface area contributed by atoms with E-state index in [4.69, 9.17) is 22.0 Å². The number of H-pyrrole nitrogens is 1. The Morgan fingerprint density at radius 1 is 1.48 bits per heavy atom. The van der Waals surface area contributed by atoms with Crippen molar-refractivity contribution in [2.75, 3.05) is 4.72 Å². The Kier molecular flexibility index (Phi) is 3.84. The standard InChI is InChI=1S/C11H7ClN4O4S/c12-8-3-6(4-13)1-2-9(8)16-21(19,20)10-7(11(17)18)5-14-15-10/h1-3,5,16H,(H,14,15)(H,17,18). The Morgan fingerprint density at radius 2 is 2.19 bits per heavy atom. The Labute approximate surface area is 124 Å². The average molecular weight is 327 g/mol. The molecule has 0 bridgehead atoms. The first-order valence-electron chi connectivity index (χ1n) is 5.34. The molecular formula is C11H7ClN4O4S. The fourth-order valence-electron chi connectivity index (χ4n) is 1.49. The van der Waals surface area contributed by atoms with Crippen molar-refractivity contribution in [2.24, 2.45) is 0 Å². The molecule has 108 valence electrons. The molecule has 21 heavy (non-hydrogen) atoms. The van der Waals surface area contributed by atoms with Gasteiger partial charge in [0.15, 0.2) is 5.03 Å². The zero-order valence-corrected chi connectivity index (χ0v) is 11.7. The number of carboxylic acids is 1. The van der Waals surface area contributed by atoms with Crippen molar-refractivity contribution in [3.05, 3.63) is 40.5 Å². The van der Waals surface area contributed by atoms with E-state index in [1.165, 1.54) is 18.2 Å². The van der Waals surface area contributed by atoms with Crippen molar-refractivity contribution in [3.63, 3.8) is 0 Å². The van der Waals surface area contributed by atoms with Crippen molar-refractivity contribution in [1.29, 1.82) is 5.26 Å². The second kappa shape index (κ2) is 5.43. The predicted octanol–water partition coefficient (Wildman–Crippen LogP) is 1.43. The normalized spacial score (nSPS) is 10.9. The SMILES string of the molecule is N#Cc1ccc(NS(=O)(=O)c2[nH]ncc2C(=O)O)c(Cl)c1. The van der Waals surface area contributed by atoms with Gasteiger partial charge in [-0.2, -0.15) is 18.8 Å². The summed E-state index contributed by atoms with van der Waals surface area (Å²) in [6.45, 7) is 0. The minimum absolute atomic E-state index is 0.00835. The molecule has 0 aliphatic rings. The molecule has 2 rings (SSSR count). The summed E-state index contributed by atoms with van der Waals surface area (Å²) in [5.41, 5.74) is -0.218. The Hall–Kier alpha value is -2.57. The van der Waals surface area contributed by atoms with Crippen LogP contribution in [-0.2, 0) is 10.0 Å². The summed E-state index contributed by atoms with van der Waals surface area (Å²) in [7, 11) is -4.20. The molecule has 1 aromatic heterocycles. The van der Waals surface area contributed by atoms with E-state index in [-0.39, 0.29) is 16.3 Å². The number of carbonyl (C=O) groups is 1. The maximum absolute atomic E-state index is 12.1. The van der Waals surface area contributed by atoms with E-state index < -0.39 is 26.6 Å². The van der Waals surface area contributed by atoms with E-state index >= 15 is 0 Å². The van der Waals surface area contributed by atoms with Gasteiger partial charge in [0, 0.05) is 0 Å². The summed E-state index contributed by atoms with van der Waals surface area (Å²) in [5.74, 6) is -1.44. The maximum atomic E-state index is 12.1. The van der Waals surface area contributed by atoms with E-state index in [2.05, 4.69) is 14.9 Å². The number of anilines is 1. The van der Waals surface area contributed by atoms with Crippen molar-refractivity contribution in [2.45, 2.75) is 5.03 Å². The smallest absolute Gasteiger partial charge is 0.340 e. The maximum Gasteiger partial charge on any atom is 0.340 e. The third-order valence-electron chi connectivity index (χ3n) is 2.45. The molecule has 8 nitrogen and oxygen atoms in total. The molecule has 0 unspecified atom stereocenters. The van der Waals surface area contributed by atoms with Gasteiger partial charge in [-0.05, 0) is 18.2 Å². The predicted molar refractivity (Wildman–Crippen MR) is 72.5 cm³/mol. The number of hydrogen-bond donors (Lipinski definition) is 3. The first-order valence-corrected chi connectivity index (χ1v) is 7.20. The number of nitrogens with zero attached hydrogens (tertiary/aromatic N) is 2. The number of aromatic amines is 1. The fraction of sp³-hybridized carbons (Fsp3) is 0. The molecule has 0 saturated carbocycles. The van der Waals surface area contributed by atoms with Gasteiger partial charge in [0.05, 0.1) is 28.5 Å². The highest BCUT2D eigenvalue weighted by Crippen LogP contribution is 2.26. The number of aromatic carboxylic acids is 1. The van der Waals surface area contributed by atoms with E-state index in [9.17, 15) is 13.2 Å². The van der Waals surface area contributed by atoms with Gasteiger partial charge in [-0.3, -0.25) is 9.82 Å². The topological polar surface area (TPSA) is 136 Å². The molecule has 0 aliphatic carbocycles. The zero-order valence-electron chi connectivity index (χ0n) is 10.2. The number of hydrogen-bond acceptors (Lipinski definition) is 5. The molecule has 0 aliphatic heterocycles. The van der Waals surface area contributed by atoms with E-state index in [1.807, 2.05) is 6.07 Å². The average Bonchev–Trinajstić information content (AvgIpc) is 2.91. The Balaban J connectivity index is 2.41. The highest BCUT2D eigenvalue weighted by molar-refractivity contribution is 7.92. The van der Waals surface area contributed by atoms with Crippen molar-refractivity contribution >= 4 is 33.3 Å². The van der Waals surface area contributed by atoms with Crippen LogP contribution in [0.1, 0.15) is 15.9 Å². The molecule has 2 aromatic rings. The largest absolute Gasteiger partial charge is 0.478 e. The lowest BCUT2D eigenvalue weighted by molar-refractivity contribution is 0.0692. The molecule has 1 heterocycles. The van der Waals surface area contributed by atoms with Gasteiger partial charge in [-0.1, -0.05) is 11.6 Å². The minimum atomic E-state index is -4.20. The van der Waals surface area contributed by atoms with Crippen LogP contribution in [0.3, 0.4) is 0 Å². The van der Waals surface area contributed by atoms with Crippen LogP contribution in [0, 0.1) is 11.3 Å². The van der Waals surface area contributed by atoms with Crippen LogP contribution in [0.25, 0.3) is 0 Å². The van der Waals surface area contributed by atoms with Gasteiger partial charge in [-0.25, -0.2) is 4.79 Å². The van der Waals surface area contributed by atoms with Crippen LogP contribution < -0.4 is 4.72 Å². The van der Waals surface area contributed by atoms with Crippen LogP contribution in [0.15, 0.2) is 29.4 Å². The molecule has 0 atom stereocenters. The second-order valence-corrected chi connectivity index (χ2v) is 5.86. The highest BCUT2D eigenvalue weighted by Gasteiger charge is 2.25. The third kappa shape index (κ3) is 2.96. The molecule has 1 aromatic carbocycles. The zero-order chi connectivity index (χ0) is 15.6. The van der Waals surface area contributed by atoms with Gasteiger partial charge in [0.2, 0.25) is 0 Å². The molecule has 3 N–H and O–H groups in total. The number of halogens is 1. The van der Waals surface area contributed by atoms with E-state index in [1.54, 1.807) is 0 Å². The molecule has 0 amide bonds. The number of nitrogens with one attached hydrogen (secondary N) is 2. The van der Waals surface area contributed by atoms with Crippen LogP contribution >= 0.6 is 11.6 Å². The first-order chi connectivity index (χ1) is 9.85. The summed E-state index contributed by atoms with van der Waals surface area (Å²) in [6.07, 6.45) is 0.886. The van der Waals surface area contributed by atoms with E-state index in [0.29, 0.717) is 0 Å². The lowest BCUT2D eigenvalue weighted by atomic mass is 10.2. The summed E-state index contributed by atoms with van der Waals surface area (Å²) in [4.78, 5) is 10.9. The van der Waals surface area contributed by atoms with Crippen molar-refractivity contribution in [1.82, 2.24) is 10.2 Å². The molecule has 0 saturated heterocycles. The van der Waals surface area contributed by atoms with Gasteiger partial charge >= 0.3 is 5.97 Å². The van der Waals surface area contributed by atoms with Gasteiger partial charge in [-0.15, -0.1) is 0 Å². The molecule has 0 radical (unpaired) electrons. The minimum Gasteiger partial charge on any atom is -0.478 e. The van der Waals surface area contributed by atoms with Crippen molar-refractivity contribution in [3.8, 4) is 6.07 Å². The lowest BCUT2D eigenvalue weighted by Crippen LogP contribution is -2.17. The summed E-state index contributed by atoms with van der Waals surface area (Å²) in [5, 5.41) is 22.5. The monoisotopic (exact) mass is 326 g/mol. The quantitative estimate of drug-likeness (QED) is 0.777. The number of rotatable bonds is 4. The summed E-state index contributed by atoms with van der Waals surface area (Å²) >= 11 is 5.86. The lowest BCUT2D eigenvalue weighted by Gasteiger charge is -2.08. The Morgan fingerprint density at radius 3 is 2.76 bits per heavy atom. The van der Waals surface area contributed by atoms with Crippen LogP contribution in [0.2, 0.25) is 5.02 Å². The van der Waals surface area contributed by atoms with Gasteiger partial charge in [0.1, 0.15) is 5.56 Å². The number of aromatic nitrogens is 2. The Bertz CT molecular complexity index is 853. The third-order valence-corrected chi connectivity index (χ3v) is 4.10. The van der Waals surface area contributed by atoms with Crippen LogP contribution in [0.4, 0.5) is 5.69 Å². The fourth-order valence-corrected chi connectivity index (χ4v) is 2.95. The molecular weight excluding hydrogens is 320 g/mol. The van der Waals surface area contributed by atoms with E-state index in [0.717, 1.165) is 6.20 Å². The summed E-state index contributed by atoms with van der Waals surface area (Å²) < 4.78 is 26.4. The second-order valence-electron chi connectivity index (χ2n) is 3.83. The van der Waals surface area contributed by atoms with Crippen molar-refractivity contribution < 1.29 is 18.3 Å². The first kappa shape index (κ1) is 14.8. The van der Waals surface area contributed by atoms with Crippen LogP contribution in [-0.4, -0.2) is 29.7 Å². The molecule has 0 spiro atoms. The van der Waals surface area contributed by atoms with Crippen LogP contribution in [0.5, 0.6) is 0 Å².